The summed E-state index contributed by atoms with van der Waals surface area (Å²) >= 11 is 0. The van der Waals surface area contributed by atoms with Crippen molar-refractivity contribution in [2.24, 2.45) is 0 Å². The number of urea groups is 1. The Morgan fingerprint density at radius 3 is 2.56 bits per heavy atom. The van der Waals surface area contributed by atoms with E-state index in [-0.39, 0.29) is 17.8 Å². The Hall–Kier alpha value is -3.70. The Morgan fingerprint density at radius 1 is 1.06 bits per heavy atom. The van der Waals surface area contributed by atoms with Crippen LogP contribution in [-0.4, -0.2) is 50.7 Å². The number of rotatable bonds is 4. The maximum atomic E-state index is 13.6. The van der Waals surface area contributed by atoms with E-state index in [9.17, 15) is 27.2 Å². The number of halogens is 4. The first kappa shape index (κ1) is 22.1. The predicted molar refractivity (Wildman–Crippen MR) is 112 cm³/mol. The van der Waals surface area contributed by atoms with Crippen LogP contribution < -0.4 is 9.64 Å². The summed E-state index contributed by atoms with van der Waals surface area (Å²) in [6, 6.07) is 3.00. The molecule has 3 amide bonds. The number of hydrogen-bond donors (Lipinski definition) is 1. The summed E-state index contributed by atoms with van der Waals surface area (Å²) in [7, 11) is 0. The van der Waals surface area contributed by atoms with E-state index in [4.69, 9.17) is 4.74 Å². The molecule has 1 aliphatic heterocycles. The molecule has 0 atom stereocenters. The molecule has 0 unspecified atom stereocenters. The topological polar surface area (TPSA) is 91.4 Å². The van der Waals surface area contributed by atoms with Crippen LogP contribution in [0.4, 0.5) is 28.0 Å². The van der Waals surface area contributed by atoms with Gasteiger partial charge in [-0.3, -0.25) is 19.7 Å². The minimum Gasteiger partial charge on any atom is -0.489 e. The highest BCUT2D eigenvalue weighted by Gasteiger charge is 2.43. The Balaban J connectivity index is 1.25. The van der Waals surface area contributed by atoms with E-state index >= 15 is 0 Å². The molecule has 0 radical (unpaired) electrons. The van der Waals surface area contributed by atoms with Gasteiger partial charge in [0.25, 0.3) is 5.91 Å². The van der Waals surface area contributed by atoms with Gasteiger partial charge in [-0.25, -0.2) is 14.2 Å². The number of alkyl halides is 3. The van der Waals surface area contributed by atoms with Crippen molar-refractivity contribution in [1.82, 2.24) is 20.1 Å². The molecule has 5 rings (SSSR count). The van der Waals surface area contributed by atoms with Crippen molar-refractivity contribution in [3.63, 3.8) is 0 Å². The van der Waals surface area contributed by atoms with Crippen LogP contribution in [0.25, 0.3) is 11.0 Å². The molecular formula is C22H19F4N5O3. The lowest BCUT2D eigenvalue weighted by atomic mass is 9.92. The van der Waals surface area contributed by atoms with Crippen LogP contribution in [0.5, 0.6) is 5.75 Å². The highest BCUT2D eigenvalue weighted by atomic mass is 19.4. The van der Waals surface area contributed by atoms with Gasteiger partial charge in [-0.2, -0.15) is 18.3 Å². The van der Waals surface area contributed by atoms with Gasteiger partial charge in [-0.05, 0) is 49.9 Å². The molecule has 0 spiro atoms. The number of H-pyrrole nitrogens is 1. The fraction of sp³-hybridized carbons (Fsp3) is 0.364. The van der Waals surface area contributed by atoms with Gasteiger partial charge >= 0.3 is 12.2 Å². The average Bonchev–Trinajstić information content (AvgIpc) is 3.37. The van der Waals surface area contributed by atoms with Gasteiger partial charge in [-0.1, -0.05) is 0 Å². The molecule has 34 heavy (non-hydrogen) atoms. The van der Waals surface area contributed by atoms with Crippen LogP contribution in [0, 0.1) is 5.82 Å². The molecule has 2 aliphatic rings. The van der Waals surface area contributed by atoms with E-state index in [1.807, 2.05) is 6.07 Å². The summed E-state index contributed by atoms with van der Waals surface area (Å²) in [5, 5.41) is 7.49. The smallest absolute Gasteiger partial charge is 0.419 e. The van der Waals surface area contributed by atoms with Crippen molar-refractivity contribution in [2.45, 2.75) is 44.0 Å². The van der Waals surface area contributed by atoms with Gasteiger partial charge in [0.1, 0.15) is 18.1 Å². The highest BCUT2D eigenvalue weighted by Crippen LogP contribution is 2.36. The number of imide groups is 1. The number of hydrogen-bond acceptors (Lipinski definition) is 5. The van der Waals surface area contributed by atoms with Crippen molar-refractivity contribution >= 4 is 28.7 Å². The number of aromatic amines is 1. The van der Waals surface area contributed by atoms with E-state index in [2.05, 4.69) is 15.2 Å². The van der Waals surface area contributed by atoms with E-state index in [1.54, 1.807) is 12.4 Å². The molecule has 1 aromatic carbocycles. The summed E-state index contributed by atoms with van der Waals surface area (Å²) in [6.45, 7) is -0.394. The number of ether oxygens (including phenoxy) is 1. The number of amides is 3. The summed E-state index contributed by atoms with van der Waals surface area (Å²) in [6.07, 6.45) is 0.348. The van der Waals surface area contributed by atoms with Gasteiger partial charge in [0.15, 0.2) is 5.65 Å². The van der Waals surface area contributed by atoms with Gasteiger partial charge in [-0.15, -0.1) is 0 Å². The summed E-state index contributed by atoms with van der Waals surface area (Å²) < 4.78 is 58.8. The zero-order valence-corrected chi connectivity index (χ0v) is 17.7. The Morgan fingerprint density at radius 2 is 1.82 bits per heavy atom. The number of benzene rings is 1. The van der Waals surface area contributed by atoms with Crippen LogP contribution in [-0.2, 0) is 11.0 Å². The zero-order chi connectivity index (χ0) is 24.0. The Bertz CT molecular complexity index is 1250. The van der Waals surface area contributed by atoms with E-state index in [1.165, 1.54) is 0 Å². The van der Waals surface area contributed by atoms with Crippen LogP contribution in [0.3, 0.4) is 0 Å². The third kappa shape index (κ3) is 4.03. The predicted octanol–water partition coefficient (Wildman–Crippen LogP) is 4.27. The lowest BCUT2D eigenvalue weighted by Gasteiger charge is -2.33. The molecular weight excluding hydrogens is 458 g/mol. The number of anilines is 1. The molecule has 1 saturated heterocycles. The van der Waals surface area contributed by atoms with Gasteiger partial charge in [0.05, 0.1) is 24.1 Å². The van der Waals surface area contributed by atoms with Gasteiger partial charge in [0, 0.05) is 17.1 Å². The second-order valence-corrected chi connectivity index (χ2v) is 8.32. The second kappa shape index (κ2) is 8.26. The molecule has 3 aromatic rings. The summed E-state index contributed by atoms with van der Waals surface area (Å²) in [4.78, 5) is 31.8. The molecule has 3 heterocycles. The first-order valence-electron chi connectivity index (χ1n) is 10.7. The normalized spacial score (nSPS) is 21.5. The van der Waals surface area contributed by atoms with Crippen molar-refractivity contribution in [1.29, 1.82) is 0 Å². The maximum Gasteiger partial charge on any atom is 0.419 e. The molecule has 1 saturated carbocycles. The largest absolute Gasteiger partial charge is 0.489 e. The van der Waals surface area contributed by atoms with E-state index in [0.29, 0.717) is 49.2 Å². The Kier molecular flexibility index (Phi) is 5.37. The SMILES string of the molecule is O=C1CN(c2ccc(F)c(C(F)(F)F)c2)C(=O)N1C1CCC(Oc2cnc3[nH]ncc3c2)CC1. The number of aromatic nitrogens is 3. The molecule has 1 aliphatic carbocycles. The molecule has 2 aromatic heterocycles. The fourth-order valence-corrected chi connectivity index (χ4v) is 4.47. The van der Waals surface area contributed by atoms with Crippen molar-refractivity contribution in [2.75, 3.05) is 11.4 Å². The zero-order valence-electron chi connectivity index (χ0n) is 17.7. The third-order valence-corrected chi connectivity index (χ3v) is 6.14. The lowest BCUT2D eigenvalue weighted by Crippen LogP contribution is -2.44. The third-order valence-electron chi connectivity index (χ3n) is 6.14. The minimum absolute atomic E-state index is 0.127. The molecule has 1 N–H and O–H groups in total. The number of pyridine rings is 1. The van der Waals surface area contributed by atoms with Gasteiger partial charge in [0.2, 0.25) is 0 Å². The highest BCUT2D eigenvalue weighted by molar-refractivity contribution is 6.12. The minimum atomic E-state index is -4.91. The lowest BCUT2D eigenvalue weighted by molar-refractivity contribution is -0.140. The Labute approximate surface area is 190 Å². The first-order chi connectivity index (χ1) is 16.2. The van der Waals surface area contributed by atoms with Crippen LogP contribution in [0.15, 0.2) is 36.7 Å². The maximum absolute atomic E-state index is 13.6. The fourth-order valence-electron chi connectivity index (χ4n) is 4.47. The quantitative estimate of drug-likeness (QED) is 0.448. The first-order valence-corrected chi connectivity index (χ1v) is 10.7. The van der Waals surface area contributed by atoms with E-state index in [0.717, 1.165) is 21.3 Å². The monoisotopic (exact) mass is 477 g/mol. The number of fused-ring (bicyclic) bond motifs is 1. The molecule has 2 fully saturated rings. The molecule has 12 heteroatoms. The van der Waals surface area contributed by atoms with Crippen molar-refractivity contribution in [3.8, 4) is 5.75 Å². The molecule has 0 bridgehead atoms. The second-order valence-electron chi connectivity index (χ2n) is 8.32. The van der Waals surface area contributed by atoms with Gasteiger partial charge < -0.3 is 4.74 Å². The van der Waals surface area contributed by atoms with Crippen LogP contribution in [0.2, 0.25) is 0 Å². The summed E-state index contributed by atoms with van der Waals surface area (Å²) in [5.41, 5.74) is -1.01. The standard InChI is InChI=1S/C22H19F4N5O3/c23-18-6-3-14(8-17(18)22(24,25)26)30-11-19(32)31(21(30)33)13-1-4-15(5-2-13)34-16-7-12-9-28-29-20(12)27-10-16/h3,6-10,13,15H,1-2,4-5,11H2,(H,27,28,29). The number of nitrogens with one attached hydrogen (secondary N) is 1. The molecule has 8 nitrogen and oxygen atoms in total. The molecule has 178 valence electrons. The van der Waals surface area contributed by atoms with Crippen molar-refractivity contribution in [3.05, 3.63) is 48.0 Å². The number of nitrogens with zero attached hydrogens (tertiary/aromatic N) is 4. The van der Waals surface area contributed by atoms with Crippen LogP contribution in [0.1, 0.15) is 31.2 Å². The number of carbonyl (C=O) groups excluding carboxylic acids is 2. The summed E-state index contributed by atoms with van der Waals surface area (Å²) in [5.74, 6) is -1.35. The number of carbonyl (C=O) groups is 2. The average molecular weight is 477 g/mol. The van der Waals surface area contributed by atoms with Crippen molar-refractivity contribution < 1.29 is 31.9 Å². The van der Waals surface area contributed by atoms with E-state index < -0.39 is 36.0 Å². The van der Waals surface area contributed by atoms with Crippen LogP contribution >= 0.6 is 0 Å².